The van der Waals surface area contributed by atoms with Crippen LogP contribution in [-0.2, 0) is 22.2 Å². The summed E-state index contributed by atoms with van der Waals surface area (Å²) in [5.41, 5.74) is -2.95. The number of hydrogen-bond acceptors (Lipinski definition) is 4. The van der Waals surface area contributed by atoms with E-state index in [1.807, 2.05) is 0 Å². The lowest BCUT2D eigenvalue weighted by atomic mass is 9.85. The molecule has 1 aliphatic rings. The number of pyridine rings is 1. The van der Waals surface area contributed by atoms with Gasteiger partial charge in [-0.1, -0.05) is 0 Å². The van der Waals surface area contributed by atoms with Crippen LogP contribution >= 0.6 is 0 Å². The molecule has 2 aromatic rings. The molecule has 0 atom stereocenters. The van der Waals surface area contributed by atoms with E-state index in [1.165, 1.54) is 0 Å². The van der Waals surface area contributed by atoms with Crippen molar-refractivity contribution in [2.45, 2.75) is 35.3 Å². The first-order chi connectivity index (χ1) is 14.7. The average Bonchev–Trinajstić information content (AvgIpc) is 2.64. The van der Waals surface area contributed by atoms with E-state index < -0.39 is 60.9 Å². The zero-order valence-electron chi connectivity index (χ0n) is 16.0. The van der Waals surface area contributed by atoms with Crippen LogP contribution in [0.3, 0.4) is 0 Å². The van der Waals surface area contributed by atoms with E-state index in [4.69, 9.17) is 0 Å². The van der Waals surface area contributed by atoms with Crippen molar-refractivity contribution in [3.05, 3.63) is 59.2 Å². The van der Waals surface area contributed by atoms with Gasteiger partial charge in [0.25, 0.3) is 5.91 Å². The fraction of sp³-hybridized carbons (Fsp3) is 0.368. The number of benzene rings is 1. The van der Waals surface area contributed by atoms with Crippen molar-refractivity contribution < 1.29 is 43.9 Å². The van der Waals surface area contributed by atoms with Crippen molar-refractivity contribution in [3.63, 3.8) is 0 Å². The predicted molar refractivity (Wildman–Crippen MR) is 96.7 cm³/mol. The van der Waals surface area contributed by atoms with Crippen molar-refractivity contribution >= 4 is 15.7 Å². The molecule has 0 unspecified atom stereocenters. The van der Waals surface area contributed by atoms with E-state index in [2.05, 4.69) is 10.3 Å². The predicted octanol–water partition coefficient (Wildman–Crippen LogP) is 4.24. The van der Waals surface area contributed by atoms with Crippen LogP contribution in [0.4, 0.5) is 30.7 Å². The van der Waals surface area contributed by atoms with Gasteiger partial charge in [-0.3, -0.25) is 9.78 Å². The standard InChI is InChI=1S/C19H15F7N2O3S/c20-13-5-12(19(24,25)26)6-15(8-13)32(30,31)14-3-10(4-14)9-28-17(29)16-7-11(1-2-27-16)18(21,22)23/h1-2,5-8,10,14H,3-4,9H2,(H,28,29)/t10-,14-. The third-order valence-electron chi connectivity index (χ3n) is 5.03. The van der Waals surface area contributed by atoms with Gasteiger partial charge in [-0.05, 0) is 49.1 Å². The number of nitrogens with zero attached hydrogens (tertiary/aromatic N) is 1. The average molecular weight is 484 g/mol. The summed E-state index contributed by atoms with van der Waals surface area (Å²) in [6.07, 6.45) is -8.78. The van der Waals surface area contributed by atoms with Gasteiger partial charge in [-0.25, -0.2) is 12.8 Å². The van der Waals surface area contributed by atoms with E-state index in [-0.39, 0.29) is 31.4 Å². The number of amides is 1. The summed E-state index contributed by atoms with van der Waals surface area (Å²) in [6.45, 7) is -0.0697. The van der Waals surface area contributed by atoms with Crippen molar-refractivity contribution in [1.82, 2.24) is 10.3 Å². The molecule has 5 nitrogen and oxygen atoms in total. The molecular weight excluding hydrogens is 469 g/mol. The Kier molecular flexibility index (Phi) is 6.24. The molecule has 1 aromatic heterocycles. The zero-order chi connectivity index (χ0) is 23.9. The Morgan fingerprint density at radius 3 is 2.22 bits per heavy atom. The molecule has 1 aromatic carbocycles. The van der Waals surface area contributed by atoms with Gasteiger partial charge in [-0.15, -0.1) is 0 Å². The number of halogens is 7. The molecule has 13 heteroatoms. The molecule has 0 radical (unpaired) electrons. The molecule has 174 valence electrons. The van der Waals surface area contributed by atoms with E-state index in [0.717, 1.165) is 6.20 Å². The number of nitrogens with one attached hydrogen (secondary N) is 1. The third-order valence-corrected chi connectivity index (χ3v) is 7.18. The molecule has 0 bridgehead atoms. The highest BCUT2D eigenvalue weighted by molar-refractivity contribution is 7.92. The number of rotatable bonds is 5. The zero-order valence-corrected chi connectivity index (χ0v) is 16.8. The second-order valence-electron chi connectivity index (χ2n) is 7.32. The van der Waals surface area contributed by atoms with Crippen molar-refractivity contribution in [3.8, 4) is 0 Å². The second kappa shape index (κ2) is 8.34. The number of hydrogen-bond donors (Lipinski definition) is 1. The first-order valence-corrected chi connectivity index (χ1v) is 10.7. The quantitative estimate of drug-likeness (QED) is 0.645. The third kappa shape index (κ3) is 5.19. The molecule has 0 saturated heterocycles. The lowest BCUT2D eigenvalue weighted by molar-refractivity contribution is -0.138. The Bertz CT molecular complexity index is 1120. The molecule has 1 heterocycles. The number of alkyl halides is 6. The van der Waals surface area contributed by atoms with Crippen molar-refractivity contribution in [2.24, 2.45) is 5.92 Å². The number of aromatic nitrogens is 1. The van der Waals surface area contributed by atoms with Crippen molar-refractivity contribution in [2.75, 3.05) is 6.54 Å². The smallest absolute Gasteiger partial charge is 0.350 e. The maximum absolute atomic E-state index is 13.5. The highest BCUT2D eigenvalue weighted by Crippen LogP contribution is 2.38. The summed E-state index contributed by atoms with van der Waals surface area (Å²) < 4.78 is 115. The minimum atomic E-state index is -4.92. The first kappa shape index (κ1) is 24.0. The largest absolute Gasteiger partial charge is 0.416 e. The molecule has 32 heavy (non-hydrogen) atoms. The molecule has 1 N–H and O–H groups in total. The monoisotopic (exact) mass is 484 g/mol. The Morgan fingerprint density at radius 2 is 1.62 bits per heavy atom. The normalized spacial score (nSPS) is 19.3. The number of sulfone groups is 1. The van der Waals surface area contributed by atoms with Crippen LogP contribution in [0.25, 0.3) is 0 Å². The SMILES string of the molecule is O=C(NC[C@H]1C[C@H](S(=O)(=O)c2cc(F)cc(C(F)(F)F)c2)C1)c1cc(C(F)(F)F)ccn1. The van der Waals surface area contributed by atoms with Gasteiger partial charge < -0.3 is 5.32 Å². The van der Waals surface area contributed by atoms with Gasteiger partial charge in [0.15, 0.2) is 9.84 Å². The number of carbonyl (C=O) groups is 1. The van der Waals surface area contributed by atoms with Crippen LogP contribution in [0.1, 0.15) is 34.5 Å². The van der Waals surface area contributed by atoms with Gasteiger partial charge in [0.05, 0.1) is 21.3 Å². The summed E-state index contributed by atoms with van der Waals surface area (Å²) in [4.78, 5) is 14.8. The van der Waals surface area contributed by atoms with Gasteiger partial charge in [-0.2, -0.15) is 26.3 Å². The fourth-order valence-electron chi connectivity index (χ4n) is 3.24. The molecule has 0 spiro atoms. The summed E-state index contributed by atoms with van der Waals surface area (Å²) >= 11 is 0. The highest BCUT2D eigenvalue weighted by atomic mass is 32.2. The fourth-order valence-corrected chi connectivity index (χ4v) is 5.24. The van der Waals surface area contributed by atoms with E-state index >= 15 is 0 Å². The summed E-state index contributed by atoms with van der Waals surface area (Å²) in [6, 6.07) is 2.35. The molecule has 1 saturated carbocycles. The van der Waals surface area contributed by atoms with Crippen molar-refractivity contribution in [1.29, 1.82) is 0 Å². The lowest BCUT2D eigenvalue weighted by Gasteiger charge is -2.35. The molecule has 3 rings (SSSR count). The highest BCUT2D eigenvalue weighted by Gasteiger charge is 2.41. The van der Waals surface area contributed by atoms with Gasteiger partial charge in [0.1, 0.15) is 11.5 Å². The maximum Gasteiger partial charge on any atom is 0.416 e. The van der Waals surface area contributed by atoms with Gasteiger partial charge in [0, 0.05) is 12.7 Å². The molecule has 1 aliphatic carbocycles. The van der Waals surface area contributed by atoms with Crippen LogP contribution < -0.4 is 5.32 Å². The topological polar surface area (TPSA) is 76.1 Å². The Balaban J connectivity index is 1.61. The Morgan fingerprint density at radius 1 is 1.00 bits per heavy atom. The van der Waals surface area contributed by atoms with E-state index in [9.17, 15) is 43.9 Å². The van der Waals surface area contributed by atoms with E-state index in [0.29, 0.717) is 24.3 Å². The van der Waals surface area contributed by atoms with Crippen LogP contribution in [0.5, 0.6) is 0 Å². The van der Waals surface area contributed by atoms with Crippen LogP contribution in [0.15, 0.2) is 41.4 Å². The minimum absolute atomic E-state index is 0.0174. The van der Waals surface area contributed by atoms with Crippen LogP contribution in [0, 0.1) is 11.7 Å². The number of carbonyl (C=O) groups excluding carboxylic acids is 1. The summed E-state index contributed by atoms with van der Waals surface area (Å²) in [7, 11) is -4.24. The summed E-state index contributed by atoms with van der Waals surface area (Å²) in [5.74, 6) is -2.60. The molecule has 1 amide bonds. The van der Waals surface area contributed by atoms with Crippen LogP contribution in [-0.4, -0.2) is 31.1 Å². The first-order valence-electron chi connectivity index (χ1n) is 9.11. The minimum Gasteiger partial charge on any atom is -0.350 e. The molecule has 0 aliphatic heterocycles. The summed E-state index contributed by atoms with van der Waals surface area (Å²) in [5, 5.41) is 1.29. The Labute approximate surface area is 177 Å². The van der Waals surface area contributed by atoms with Crippen LogP contribution in [0.2, 0.25) is 0 Å². The lowest BCUT2D eigenvalue weighted by Crippen LogP contribution is -2.42. The Hall–Kier alpha value is -2.70. The maximum atomic E-state index is 13.5. The van der Waals surface area contributed by atoms with E-state index in [1.54, 1.807) is 0 Å². The van der Waals surface area contributed by atoms with Gasteiger partial charge in [0.2, 0.25) is 0 Å². The molecular formula is C19H15F7N2O3S. The molecule has 1 fully saturated rings. The van der Waals surface area contributed by atoms with Gasteiger partial charge >= 0.3 is 12.4 Å². The second-order valence-corrected chi connectivity index (χ2v) is 9.54.